The van der Waals surface area contributed by atoms with Crippen molar-refractivity contribution in [3.05, 3.63) is 65.7 Å². The fourth-order valence-corrected chi connectivity index (χ4v) is 3.61. The maximum absolute atomic E-state index is 13.3. The molecule has 0 radical (unpaired) electrons. The van der Waals surface area contributed by atoms with Crippen LogP contribution in [0.25, 0.3) is 0 Å². The van der Waals surface area contributed by atoms with E-state index in [4.69, 9.17) is 0 Å². The largest absolute Gasteiger partial charge is 0.325 e. The van der Waals surface area contributed by atoms with Crippen LogP contribution in [-0.2, 0) is 21.5 Å². The molecule has 0 bridgehead atoms. The second kappa shape index (κ2) is 8.90. The maximum Gasteiger partial charge on any atom is 0.325 e. The minimum atomic E-state index is -1.11. The van der Waals surface area contributed by atoms with Crippen molar-refractivity contribution in [2.75, 3.05) is 11.9 Å². The number of amides is 4. The van der Waals surface area contributed by atoms with Crippen LogP contribution in [0.2, 0.25) is 0 Å². The number of aryl methyl sites for hydroxylation is 1. The number of nitrogens with zero attached hydrogens (tertiary/aromatic N) is 1. The summed E-state index contributed by atoms with van der Waals surface area (Å²) in [5.41, 5.74) is 1.43. The lowest BCUT2D eigenvalue weighted by Gasteiger charge is -2.27. The molecule has 2 N–H and O–H groups in total. The van der Waals surface area contributed by atoms with Gasteiger partial charge in [-0.25, -0.2) is 4.79 Å². The van der Waals surface area contributed by atoms with E-state index in [-0.39, 0.29) is 12.5 Å². The number of hydrogen-bond acceptors (Lipinski definition) is 3. The Morgan fingerprint density at radius 1 is 1.03 bits per heavy atom. The molecule has 0 aliphatic carbocycles. The van der Waals surface area contributed by atoms with Gasteiger partial charge in [0.15, 0.2) is 0 Å². The van der Waals surface area contributed by atoms with Crippen LogP contribution in [0.5, 0.6) is 0 Å². The zero-order valence-corrected chi connectivity index (χ0v) is 16.9. The number of unbranched alkanes of at least 4 members (excludes halogenated alkanes) is 1. The summed E-state index contributed by atoms with van der Waals surface area (Å²) in [5, 5.41) is 5.62. The number of rotatable bonds is 8. The minimum absolute atomic E-state index is 0.319. The average molecular weight is 393 g/mol. The molecule has 0 spiro atoms. The Morgan fingerprint density at radius 3 is 2.34 bits per heavy atom. The van der Waals surface area contributed by atoms with E-state index in [0.29, 0.717) is 12.1 Å². The van der Waals surface area contributed by atoms with Gasteiger partial charge in [0.1, 0.15) is 12.1 Å². The average Bonchev–Trinajstić information content (AvgIpc) is 2.98. The highest BCUT2D eigenvalue weighted by Crippen LogP contribution is 2.34. The molecule has 1 unspecified atom stereocenters. The van der Waals surface area contributed by atoms with Crippen LogP contribution in [0.3, 0.4) is 0 Å². The molecule has 4 amide bonds. The third-order valence-corrected chi connectivity index (χ3v) is 5.30. The van der Waals surface area contributed by atoms with E-state index in [9.17, 15) is 14.4 Å². The Labute approximate surface area is 171 Å². The van der Waals surface area contributed by atoms with Crippen LogP contribution in [0.1, 0.15) is 44.2 Å². The van der Waals surface area contributed by atoms with Crippen LogP contribution >= 0.6 is 0 Å². The van der Waals surface area contributed by atoms with Gasteiger partial charge in [-0.3, -0.25) is 14.5 Å². The number of nitrogens with one attached hydrogen (secondary N) is 2. The fourth-order valence-electron chi connectivity index (χ4n) is 3.61. The molecule has 1 atom stereocenters. The molecule has 1 saturated heterocycles. The Hall–Kier alpha value is -3.15. The summed E-state index contributed by atoms with van der Waals surface area (Å²) in [6, 6.07) is 16.2. The van der Waals surface area contributed by atoms with Crippen molar-refractivity contribution >= 4 is 23.5 Å². The van der Waals surface area contributed by atoms with Crippen LogP contribution in [0.15, 0.2) is 54.6 Å². The van der Waals surface area contributed by atoms with Crippen molar-refractivity contribution in [3.63, 3.8) is 0 Å². The predicted octanol–water partition coefficient (Wildman–Crippen LogP) is 3.83. The third-order valence-electron chi connectivity index (χ3n) is 5.30. The second-order valence-corrected chi connectivity index (χ2v) is 7.30. The molecule has 2 aromatic rings. The number of anilines is 1. The van der Waals surface area contributed by atoms with Gasteiger partial charge in [0.25, 0.3) is 5.91 Å². The van der Waals surface area contributed by atoms with Crippen LogP contribution < -0.4 is 10.6 Å². The summed E-state index contributed by atoms with van der Waals surface area (Å²) in [6.07, 6.45) is 3.08. The summed E-state index contributed by atoms with van der Waals surface area (Å²) in [6.45, 7) is 3.78. The number of carbonyl (C=O) groups excluding carboxylic acids is 3. The highest BCUT2D eigenvalue weighted by Gasteiger charge is 2.52. The van der Waals surface area contributed by atoms with E-state index in [1.54, 1.807) is 0 Å². The smallest absolute Gasteiger partial charge is 0.325 e. The molecule has 1 aliphatic heterocycles. The Bertz CT molecular complexity index is 880. The van der Waals surface area contributed by atoms with Crippen molar-refractivity contribution in [2.24, 2.45) is 0 Å². The summed E-state index contributed by atoms with van der Waals surface area (Å²) in [4.78, 5) is 39.4. The third kappa shape index (κ3) is 4.31. The number of carbonyl (C=O) groups is 3. The van der Waals surface area contributed by atoms with E-state index < -0.39 is 17.5 Å². The predicted molar refractivity (Wildman–Crippen MR) is 112 cm³/mol. The quantitative estimate of drug-likeness (QED) is 0.669. The van der Waals surface area contributed by atoms with Gasteiger partial charge in [-0.15, -0.1) is 0 Å². The highest BCUT2D eigenvalue weighted by molar-refractivity contribution is 6.10. The molecular weight excluding hydrogens is 366 g/mol. The van der Waals surface area contributed by atoms with Gasteiger partial charge in [-0.05, 0) is 36.1 Å². The first-order valence-electron chi connectivity index (χ1n) is 10.1. The van der Waals surface area contributed by atoms with Gasteiger partial charge < -0.3 is 10.6 Å². The highest BCUT2D eigenvalue weighted by atomic mass is 16.2. The molecule has 2 aromatic carbocycles. The second-order valence-electron chi connectivity index (χ2n) is 7.30. The van der Waals surface area contributed by atoms with Crippen LogP contribution in [-0.4, -0.2) is 29.3 Å². The maximum atomic E-state index is 13.3. The monoisotopic (exact) mass is 393 g/mol. The molecule has 29 heavy (non-hydrogen) atoms. The molecule has 1 fully saturated rings. The molecule has 6 nitrogen and oxygen atoms in total. The Balaban J connectivity index is 1.76. The molecule has 1 heterocycles. The molecular formula is C23H27N3O3. The molecule has 152 valence electrons. The summed E-state index contributed by atoms with van der Waals surface area (Å²) >= 11 is 0. The first-order valence-corrected chi connectivity index (χ1v) is 10.1. The van der Waals surface area contributed by atoms with Gasteiger partial charge in [0, 0.05) is 5.69 Å². The van der Waals surface area contributed by atoms with Gasteiger partial charge in [-0.2, -0.15) is 0 Å². The van der Waals surface area contributed by atoms with Gasteiger partial charge >= 0.3 is 6.03 Å². The lowest BCUT2D eigenvalue weighted by atomic mass is 9.85. The molecule has 1 aliphatic rings. The number of urea groups is 1. The van der Waals surface area contributed by atoms with E-state index in [1.807, 2.05) is 61.5 Å². The number of imide groups is 1. The van der Waals surface area contributed by atoms with Crippen molar-refractivity contribution in [2.45, 2.75) is 45.1 Å². The lowest BCUT2D eigenvalue weighted by Crippen LogP contribution is -2.44. The van der Waals surface area contributed by atoms with Crippen molar-refractivity contribution in [1.82, 2.24) is 10.2 Å². The van der Waals surface area contributed by atoms with E-state index in [1.165, 1.54) is 5.56 Å². The van der Waals surface area contributed by atoms with Gasteiger partial charge in [0.05, 0.1) is 0 Å². The lowest BCUT2D eigenvalue weighted by molar-refractivity contribution is -0.134. The van der Waals surface area contributed by atoms with E-state index in [0.717, 1.165) is 29.7 Å². The molecule has 3 rings (SSSR count). The van der Waals surface area contributed by atoms with E-state index in [2.05, 4.69) is 17.6 Å². The van der Waals surface area contributed by atoms with Gasteiger partial charge in [0.2, 0.25) is 5.91 Å². The van der Waals surface area contributed by atoms with Crippen molar-refractivity contribution in [3.8, 4) is 0 Å². The zero-order chi connectivity index (χ0) is 20.9. The summed E-state index contributed by atoms with van der Waals surface area (Å²) in [5.74, 6) is -0.782. The molecule has 0 aromatic heterocycles. The Kier molecular flexibility index (Phi) is 6.32. The summed E-state index contributed by atoms with van der Waals surface area (Å²) < 4.78 is 0. The van der Waals surface area contributed by atoms with Gasteiger partial charge in [-0.1, -0.05) is 69.2 Å². The normalized spacial score (nSPS) is 18.6. The van der Waals surface area contributed by atoms with Crippen molar-refractivity contribution in [1.29, 1.82) is 0 Å². The summed E-state index contributed by atoms with van der Waals surface area (Å²) in [7, 11) is 0. The van der Waals surface area contributed by atoms with Crippen molar-refractivity contribution < 1.29 is 14.4 Å². The first-order chi connectivity index (χ1) is 14.0. The minimum Gasteiger partial charge on any atom is -0.325 e. The SMILES string of the molecule is CCCCC1(c2ccccc2)NC(=O)N(CC(=O)Nc2ccc(CC)cc2)C1=O. The molecule has 6 heteroatoms. The first kappa shape index (κ1) is 20.6. The number of benzene rings is 2. The zero-order valence-electron chi connectivity index (χ0n) is 16.9. The molecule has 0 saturated carbocycles. The Morgan fingerprint density at radius 2 is 1.72 bits per heavy atom. The van der Waals surface area contributed by atoms with Crippen LogP contribution in [0.4, 0.5) is 10.5 Å². The van der Waals surface area contributed by atoms with Crippen LogP contribution in [0, 0.1) is 0 Å². The van der Waals surface area contributed by atoms with E-state index >= 15 is 0 Å². The fraction of sp³-hybridized carbons (Fsp3) is 0.348. The number of hydrogen-bond donors (Lipinski definition) is 2. The standard InChI is InChI=1S/C23H27N3O3/c1-3-5-15-23(18-9-7-6-8-10-18)21(28)26(22(29)25-23)16-20(27)24-19-13-11-17(4-2)12-14-19/h6-14H,3-5,15-16H2,1-2H3,(H,24,27)(H,25,29). The topological polar surface area (TPSA) is 78.5 Å².